The quantitative estimate of drug-likeness (QED) is 0.174. The Bertz CT molecular complexity index is 1390. The van der Waals surface area contributed by atoms with E-state index in [0.29, 0.717) is 24.3 Å². The lowest BCUT2D eigenvalue weighted by molar-refractivity contribution is 0.0697. The van der Waals surface area contributed by atoms with Crippen LogP contribution in [0.25, 0.3) is 11.1 Å². The number of nitrogen functional groups attached to an aromatic ring is 1. The van der Waals surface area contributed by atoms with Crippen LogP contribution in [0.1, 0.15) is 50.6 Å². The molecule has 0 bridgehead atoms. The van der Waals surface area contributed by atoms with Gasteiger partial charge in [-0.05, 0) is 60.0 Å². The SMILES string of the molecule is COc1ccc(-c2ccc(C(=O)NCC(C)(C)CN)cc2C(=O)O)c(C(=O)Nc2ccc(C(=N)N)cc2)n1. The van der Waals surface area contributed by atoms with Crippen LogP contribution in [0, 0.1) is 10.8 Å². The van der Waals surface area contributed by atoms with Crippen LogP contribution in [-0.2, 0) is 0 Å². The van der Waals surface area contributed by atoms with Crippen LogP contribution in [0.15, 0.2) is 54.6 Å². The van der Waals surface area contributed by atoms with Crippen LogP contribution in [0.2, 0.25) is 0 Å². The maximum Gasteiger partial charge on any atom is 0.336 e. The molecule has 0 unspecified atom stereocenters. The molecular formula is C27H30N6O5. The highest BCUT2D eigenvalue weighted by Gasteiger charge is 2.23. The van der Waals surface area contributed by atoms with Crippen LogP contribution in [0.4, 0.5) is 5.69 Å². The van der Waals surface area contributed by atoms with Gasteiger partial charge < -0.3 is 31.9 Å². The molecule has 2 amide bonds. The summed E-state index contributed by atoms with van der Waals surface area (Å²) in [6.45, 7) is 4.48. The lowest BCUT2D eigenvalue weighted by Crippen LogP contribution is -2.38. The fourth-order valence-electron chi connectivity index (χ4n) is 3.46. The number of carboxylic acids is 1. The molecule has 3 rings (SSSR count). The average Bonchev–Trinajstić information content (AvgIpc) is 2.91. The number of benzene rings is 2. The zero-order valence-electron chi connectivity index (χ0n) is 21.3. The van der Waals surface area contributed by atoms with Gasteiger partial charge in [-0.3, -0.25) is 15.0 Å². The number of methoxy groups -OCH3 is 1. The summed E-state index contributed by atoms with van der Waals surface area (Å²) in [7, 11) is 1.40. The summed E-state index contributed by atoms with van der Waals surface area (Å²) < 4.78 is 5.17. The zero-order valence-corrected chi connectivity index (χ0v) is 21.3. The highest BCUT2D eigenvalue weighted by atomic mass is 16.5. The normalized spacial score (nSPS) is 10.9. The van der Waals surface area contributed by atoms with E-state index >= 15 is 0 Å². The number of amides is 2. The predicted octanol–water partition coefficient (Wildman–Crippen LogP) is 2.71. The third-order valence-electron chi connectivity index (χ3n) is 5.83. The number of nitrogens with zero attached hydrogens (tertiary/aromatic N) is 1. The first-order valence-corrected chi connectivity index (χ1v) is 11.6. The van der Waals surface area contributed by atoms with Crippen LogP contribution < -0.4 is 26.8 Å². The monoisotopic (exact) mass is 518 g/mol. The molecular weight excluding hydrogens is 488 g/mol. The first kappa shape index (κ1) is 27.8. The average molecular weight is 519 g/mol. The molecule has 0 atom stereocenters. The van der Waals surface area contributed by atoms with Gasteiger partial charge in [0.25, 0.3) is 11.8 Å². The molecule has 198 valence electrons. The molecule has 11 nitrogen and oxygen atoms in total. The number of ether oxygens (including phenoxy) is 1. The first-order chi connectivity index (χ1) is 18.0. The van der Waals surface area contributed by atoms with Crippen LogP contribution in [0.3, 0.4) is 0 Å². The van der Waals surface area contributed by atoms with Crippen molar-refractivity contribution < 1.29 is 24.2 Å². The first-order valence-electron chi connectivity index (χ1n) is 11.6. The Morgan fingerprint density at radius 1 is 1.00 bits per heavy atom. The van der Waals surface area contributed by atoms with E-state index in [0.717, 1.165) is 0 Å². The second-order valence-corrected chi connectivity index (χ2v) is 9.31. The number of amidine groups is 1. The van der Waals surface area contributed by atoms with E-state index in [2.05, 4.69) is 15.6 Å². The van der Waals surface area contributed by atoms with Crippen LogP contribution in [-0.4, -0.2) is 53.9 Å². The van der Waals surface area contributed by atoms with Gasteiger partial charge >= 0.3 is 5.97 Å². The molecule has 1 heterocycles. The zero-order chi connectivity index (χ0) is 28.0. The van der Waals surface area contributed by atoms with E-state index in [1.807, 2.05) is 13.8 Å². The van der Waals surface area contributed by atoms with Gasteiger partial charge in [0.05, 0.1) is 12.7 Å². The number of hydrogen-bond donors (Lipinski definition) is 6. The van der Waals surface area contributed by atoms with Crippen molar-refractivity contribution in [2.45, 2.75) is 13.8 Å². The molecule has 1 aromatic heterocycles. The van der Waals surface area contributed by atoms with Gasteiger partial charge in [-0.15, -0.1) is 0 Å². The number of carbonyl (C=O) groups excluding carboxylic acids is 2. The van der Waals surface area contributed by atoms with Crippen molar-refractivity contribution in [3.63, 3.8) is 0 Å². The number of rotatable bonds is 10. The lowest BCUT2D eigenvalue weighted by atomic mass is 9.93. The van der Waals surface area contributed by atoms with E-state index < -0.39 is 17.8 Å². The maximum absolute atomic E-state index is 13.2. The number of pyridine rings is 1. The van der Waals surface area contributed by atoms with E-state index in [1.54, 1.807) is 24.3 Å². The fourth-order valence-corrected chi connectivity index (χ4v) is 3.46. The van der Waals surface area contributed by atoms with Gasteiger partial charge in [-0.1, -0.05) is 19.9 Å². The molecule has 0 spiro atoms. The van der Waals surface area contributed by atoms with Gasteiger partial charge in [0.1, 0.15) is 11.5 Å². The highest BCUT2D eigenvalue weighted by Crippen LogP contribution is 2.30. The molecule has 0 radical (unpaired) electrons. The third kappa shape index (κ3) is 6.51. The van der Waals surface area contributed by atoms with E-state index in [1.165, 1.54) is 37.4 Å². The molecule has 0 saturated heterocycles. The number of carbonyl (C=O) groups is 3. The summed E-state index contributed by atoms with van der Waals surface area (Å²) in [6.07, 6.45) is 0. The Morgan fingerprint density at radius 3 is 2.21 bits per heavy atom. The number of aromatic nitrogens is 1. The molecule has 0 aliphatic heterocycles. The van der Waals surface area contributed by atoms with Crippen molar-refractivity contribution in [1.82, 2.24) is 10.3 Å². The summed E-state index contributed by atoms with van der Waals surface area (Å²) in [5.41, 5.74) is 12.1. The number of nitrogens with two attached hydrogens (primary N) is 2. The smallest absolute Gasteiger partial charge is 0.336 e. The minimum Gasteiger partial charge on any atom is -0.481 e. The minimum atomic E-state index is -1.28. The van der Waals surface area contributed by atoms with Crippen LogP contribution >= 0.6 is 0 Å². The molecule has 0 aliphatic rings. The number of anilines is 1. The van der Waals surface area contributed by atoms with Crippen LogP contribution in [0.5, 0.6) is 5.88 Å². The molecule has 38 heavy (non-hydrogen) atoms. The second kappa shape index (κ2) is 11.5. The lowest BCUT2D eigenvalue weighted by Gasteiger charge is -2.22. The Labute approximate surface area is 219 Å². The van der Waals surface area contributed by atoms with E-state index in [9.17, 15) is 19.5 Å². The van der Waals surface area contributed by atoms with Crippen molar-refractivity contribution in [3.8, 4) is 17.0 Å². The summed E-state index contributed by atoms with van der Waals surface area (Å²) >= 11 is 0. The molecule has 0 fully saturated rings. The predicted molar refractivity (Wildman–Crippen MR) is 144 cm³/mol. The summed E-state index contributed by atoms with van der Waals surface area (Å²) in [5.74, 6) is -2.29. The Hall–Kier alpha value is -4.77. The standard InChI is InChI=1S/C27H30N6O5/c1-27(2,13-28)14-31-24(34)16-6-9-18(20(12-16)26(36)37)19-10-11-21(38-3)33-22(19)25(35)32-17-7-4-15(5-8-17)23(29)30/h4-12H,13-14,28H2,1-3H3,(H3,29,30)(H,31,34)(H,32,35)(H,36,37). The largest absolute Gasteiger partial charge is 0.481 e. The highest BCUT2D eigenvalue weighted by molar-refractivity contribution is 6.10. The van der Waals surface area contributed by atoms with Gasteiger partial charge in [0, 0.05) is 35.0 Å². The molecule has 11 heteroatoms. The Balaban J connectivity index is 1.99. The molecule has 0 saturated carbocycles. The summed E-state index contributed by atoms with van der Waals surface area (Å²) in [6, 6.07) is 13.6. The second-order valence-electron chi connectivity index (χ2n) is 9.31. The number of hydrogen-bond acceptors (Lipinski definition) is 7. The summed E-state index contributed by atoms with van der Waals surface area (Å²) in [4.78, 5) is 42.4. The molecule has 0 aliphatic carbocycles. The van der Waals surface area contributed by atoms with E-state index in [4.69, 9.17) is 21.6 Å². The molecule has 2 aromatic carbocycles. The molecule has 8 N–H and O–H groups in total. The molecule has 3 aromatic rings. The Morgan fingerprint density at radius 2 is 1.63 bits per heavy atom. The van der Waals surface area contributed by atoms with Gasteiger partial charge in [0.15, 0.2) is 0 Å². The topological polar surface area (TPSA) is 194 Å². The van der Waals surface area contributed by atoms with Gasteiger partial charge in [0.2, 0.25) is 5.88 Å². The fraction of sp³-hybridized carbons (Fsp3) is 0.222. The van der Waals surface area contributed by atoms with Crippen molar-refractivity contribution in [1.29, 1.82) is 5.41 Å². The minimum absolute atomic E-state index is 0.0793. The third-order valence-corrected chi connectivity index (χ3v) is 5.83. The van der Waals surface area contributed by atoms with Crippen molar-refractivity contribution >= 4 is 29.3 Å². The van der Waals surface area contributed by atoms with Gasteiger partial charge in [-0.25, -0.2) is 9.78 Å². The maximum atomic E-state index is 13.2. The van der Waals surface area contributed by atoms with Crippen molar-refractivity contribution in [2.24, 2.45) is 16.9 Å². The van der Waals surface area contributed by atoms with Crippen molar-refractivity contribution in [2.75, 3.05) is 25.5 Å². The number of nitrogens with one attached hydrogen (secondary N) is 3. The van der Waals surface area contributed by atoms with E-state index in [-0.39, 0.29) is 45.1 Å². The van der Waals surface area contributed by atoms with Gasteiger partial charge in [-0.2, -0.15) is 0 Å². The number of aromatic carboxylic acids is 1. The Kier molecular flexibility index (Phi) is 8.43. The number of carboxylic acid groups (broad SMARTS) is 1. The summed E-state index contributed by atoms with van der Waals surface area (Å²) in [5, 5.41) is 22.9. The van der Waals surface area contributed by atoms with Crippen molar-refractivity contribution in [3.05, 3.63) is 77.0 Å².